The van der Waals surface area contributed by atoms with Gasteiger partial charge in [0, 0.05) is 6.42 Å². The van der Waals surface area contributed by atoms with Gasteiger partial charge in [0.2, 0.25) is 0 Å². The molecular weight excluding hydrogens is 219 g/mol. The van der Waals surface area contributed by atoms with Crippen LogP contribution in [0.25, 0.3) is 0 Å². The van der Waals surface area contributed by atoms with E-state index in [1.54, 1.807) is 19.1 Å². The molecule has 0 unspecified atom stereocenters. The number of carbonyl (C=O) groups is 1. The molecule has 0 spiro atoms. The molecule has 1 rings (SSSR count). The third-order valence-corrected chi connectivity index (χ3v) is 2.81. The molecule has 0 N–H and O–H groups in total. The van der Waals surface area contributed by atoms with Crippen LogP contribution in [0.15, 0.2) is 18.2 Å². The van der Waals surface area contributed by atoms with Crippen LogP contribution in [0.5, 0.6) is 0 Å². The Labute approximate surface area is 102 Å². The summed E-state index contributed by atoms with van der Waals surface area (Å²) in [4.78, 5) is 10.9. The van der Waals surface area contributed by atoms with Crippen molar-refractivity contribution in [1.82, 2.24) is 0 Å². The third kappa shape index (κ3) is 4.98. The minimum Gasteiger partial charge on any atom is -0.469 e. The number of esters is 1. The summed E-state index contributed by atoms with van der Waals surface area (Å²) in [5.41, 5.74) is 1.70. The number of carbonyl (C=O) groups excluding carboxylic acids is 1. The summed E-state index contributed by atoms with van der Waals surface area (Å²) in [6, 6.07) is 5.35. The predicted molar refractivity (Wildman–Crippen MR) is 65.3 cm³/mol. The summed E-state index contributed by atoms with van der Waals surface area (Å²) in [6.07, 6.45) is 4.10. The number of aryl methyl sites for hydroxylation is 2. The molecule has 1 aromatic carbocycles. The molecular formula is C14H19FO2. The van der Waals surface area contributed by atoms with Gasteiger partial charge in [-0.2, -0.15) is 0 Å². The second kappa shape index (κ2) is 7.05. The molecule has 17 heavy (non-hydrogen) atoms. The van der Waals surface area contributed by atoms with Crippen LogP contribution in [0.4, 0.5) is 4.39 Å². The Kier molecular flexibility index (Phi) is 5.67. The summed E-state index contributed by atoms with van der Waals surface area (Å²) < 4.78 is 17.8. The molecule has 0 bridgehead atoms. The van der Waals surface area contributed by atoms with Crippen LogP contribution < -0.4 is 0 Å². The smallest absolute Gasteiger partial charge is 0.305 e. The zero-order valence-electron chi connectivity index (χ0n) is 10.5. The Balaban J connectivity index is 2.22. The highest BCUT2D eigenvalue weighted by Gasteiger charge is 2.01. The van der Waals surface area contributed by atoms with Gasteiger partial charge in [-0.15, -0.1) is 0 Å². The van der Waals surface area contributed by atoms with E-state index >= 15 is 0 Å². The Morgan fingerprint density at radius 1 is 1.29 bits per heavy atom. The number of hydrogen-bond donors (Lipinski definition) is 0. The van der Waals surface area contributed by atoms with E-state index in [-0.39, 0.29) is 11.8 Å². The average molecular weight is 238 g/mol. The quantitative estimate of drug-likeness (QED) is 0.560. The zero-order chi connectivity index (χ0) is 12.7. The number of halogens is 1. The van der Waals surface area contributed by atoms with Gasteiger partial charge in [-0.05, 0) is 43.4 Å². The Bertz CT molecular complexity index is 374. The molecule has 0 atom stereocenters. The van der Waals surface area contributed by atoms with Crippen molar-refractivity contribution in [3.63, 3.8) is 0 Å². The van der Waals surface area contributed by atoms with E-state index in [4.69, 9.17) is 0 Å². The Hall–Kier alpha value is -1.38. The third-order valence-electron chi connectivity index (χ3n) is 2.81. The Morgan fingerprint density at radius 3 is 2.71 bits per heavy atom. The van der Waals surface area contributed by atoms with E-state index in [2.05, 4.69) is 4.74 Å². The van der Waals surface area contributed by atoms with Gasteiger partial charge in [0.1, 0.15) is 5.82 Å². The van der Waals surface area contributed by atoms with Crippen molar-refractivity contribution in [2.75, 3.05) is 7.11 Å². The summed E-state index contributed by atoms with van der Waals surface area (Å²) in [7, 11) is 1.40. The van der Waals surface area contributed by atoms with E-state index < -0.39 is 0 Å². The van der Waals surface area contributed by atoms with Gasteiger partial charge in [-0.3, -0.25) is 4.79 Å². The highest BCUT2D eigenvalue weighted by atomic mass is 19.1. The van der Waals surface area contributed by atoms with Gasteiger partial charge in [0.25, 0.3) is 0 Å². The molecule has 1 aromatic rings. The van der Waals surface area contributed by atoms with Gasteiger partial charge in [-0.25, -0.2) is 4.39 Å². The molecule has 2 nitrogen and oxygen atoms in total. The lowest BCUT2D eigenvalue weighted by Gasteiger charge is -2.03. The second-order valence-electron chi connectivity index (χ2n) is 4.22. The second-order valence-corrected chi connectivity index (χ2v) is 4.22. The molecule has 0 heterocycles. The van der Waals surface area contributed by atoms with Crippen molar-refractivity contribution in [1.29, 1.82) is 0 Å². The van der Waals surface area contributed by atoms with Crippen LogP contribution in [0.1, 0.15) is 36.8 Å². The SMILES string of the molecule is COC(=O)CCCCCc1ccc(C)c(F)c1. The minimum absolute atomic E-state index is 0.142. The van der Waals surface area contributed by atoms with Crippen LogP contribution in [-0.4, -0.2) is 13.1 Å². The number of unbranched alkanes of at least 4 members (excludes halogenated alkanes) is 2. The lowest BCUT2D eigenvalue weighted by atomic mass is 10.0. The van der Waals surface area contributed by atoms with E-state index in [0.29, 0.717) is 12.0 Å². The summed E-state index contributed by atoms with van der Waals surface area (Å²) in [5, 5.41) is 0. The first-order valence-electron chi connectivity index (χ1n) is 5.95. The maximum Gasteiger partial charge on any atom is 0.305 e. The maximum absolute atomic E-state index is 13.2. The number of ether oxygens (including phenoxy) is 1. The summed E-state index contributed by atoms with van der Waals surface area (Å²) >= 11 is 0. The lowest BCUT2D eigenvalue weighted by molar-refractivity contribution is -0.140. The van der Waals surface area contributed by atoms with E-state index in [0.717, 1.165) is 31.2 Å². The highest BCUT2D eigenvalue weighted by molar-refractivity contribution is 5.68. The standard InChI is InChI=1S/C14H19FO2/c1-11-8-9-12(10-13(11)15)6-4-3-5-7-14(16)17-2/h8-10H,3-7H2,1-2H3. The topological polar surface area (TPSA) is 26.3 Å². The molecule has 0 fully saturated rings. The molecule has 0 saturated heterocycles. The molecule has 0 amide bonds. The van der Waals surface area contributed by atoms with E-state index in [1.807, 2.05) is 6.07 Å². The van der Waals surface area contributed by atoms with Gasteiger partial charge >= 0.3 is 5.97 Å². The largest absolute Gasteiger partial charge is 0.469 e. The molecule has 0 radical (unpaired) electrons. The van der Waals surface area contributed by atoms with Crippen molar-refractivity contribution in [2.24, 2.45) is 0 Å². The number of benzene rings is 1. The Morgan fingerprint density at radius 2 is 2.06 bits per heavy atom. The van der Waals surface area contributed by atoms with Crippen molar-refractivity contribution in [3.05, 3.63) is 35.1 Å². The number of methoxy groups -OCH3 is 1. The minimum atomic E-state index is -0.161. The van der Waals surface area contributed by atoms with Crippen LogP contribution >= 0.6 is 0 Å². The number of hydrogen-bond acceptors (Lipinski definition) is 2. The molecule has 0 aliphatic carbocycles. The first kappa shape index (κ1) is 13.7. The summed E-state index contributed by atoms with van der Waals surface area (Å²) in [5.74, 6) is -0.302. The average Bonchev–Trinajstić information content (AvgIpc) is 2.33. The maximum atomic E-state index is 13.2. The van der Waals surface area contributed by atoms with Gasteiger partial charge in [0.05, 0.1) is 7.11 Å². The lowest BCUT2D eigenvalue weighted by Crippen LogP contribution is -1.99. The van der Waals surface area contributed by atoms with Crippen LogP contribution in [0.2, 0.25) is 0 Å². The molecule has 0 aromatic heterocycles. The summed E-state index contributed by atoms with van der Waals surface area (Å²) in [6.45, 7) is 1.76. The van der Waals surface area contributed by atoms with Crippen LogP contribution in [0.3, 0.4) is 0 Å². The van der Waals surface area contributed by atoms with Gasteiger partial charge in [-0.1, -0.05) is 18.6 Å². The van der Waals surface area contributed by atoms with Crippen molar-refractivity contribution in [2.45, 2.75) is 39.0 Å². The van der Waals surface area contributed by atoms with Crippen molar-refractivity contribution in [3.8, 4) is 0 Å². The molecule has 0 saturated carbocycles. The molecule has 94 valence electrons. The first-order valence-corrected chi connectivity index (χ1v) is 5.95. The van der Waals surface area contributed by atoms with Crippen molar-refractivity contribution < 1.29 is 13.9 Å². The first-order chi connectivity index (χ1) is 8.13. The molecule has 3 heteroatoms. The fraction of sp³-hybridized carbons (Fsp3) is 0.500. The van der Waals surface area contributed by atoms with Crippen molar-refractivity contribution >= 4 is 5.97 Å². The van der Waals surface area contributed by atoms with E-state index in [9.17, 15) is 9.18 Å². The highest BCUT2D eigenvalue weighted by Crippen LogP contribution is 2.12. The zero-order valence-corrected chi connectivity index (χ0v) is 10.5. The van der Waals surface area contributed by atoms with Gasteiger partial charge < -0.3 is 4.74 Å². The monoisotopic (exact) mass is 238 g/mol. The number of rotatable bonds is 6. The van der Waals surface area contributed by atoms with Gasteiger partial charge in [0.15, 0.2) is 0 Å². The van der Waals surface area contributed by atoms with Crippen LogP contribution in [0, 0.1) is 12.7 Å². The molecule has 0 aliphatic rings. The van der Waals surface area contributed by atoms with E-state index in [1.165, 1.54) is 7.11 Å². The van der Waals surface area contributed by atoms with Crippen LogP contribution in [-0.2, 0) is 16.0 Å². The fourth-order valence-electron chi connectivity index (χ4n) is 1.67. The normalized spacial score (nSPS) is 10.3. The predicted octanol–water partition coefficient (Wildman–Crippen LogP) is 3.41. The fourth-order valence-corrected chi connectivity index (χ4v) is 1.67. The molecule has 0 aliphatic heterocycles.